The van der Waals surface area contributed by atoms with Crippen LogP contribution in [0, 0.1) is 10.1 Å². The Labute approximate surface area is 105 Å². The lowest BCUT2D eigenvalue weighted by molar-refractivity contribution is -0.402. The van der Waals surface area contributed by atoms with Crippen molar-refractivity contribution in [1.29, 1.82) is 0 Å². The van der Waals surface area contributed by atoms with Gasteiger partial charge < -0.3 is 4.42 Å². The molecule has 8 heteroatoms. The molecular weight excluding hydrogens is 264 g/mol. The Hall–Kier alpha value is -1.67. The Balaban J connectivity index is 2.28. The Bertz CT molecular complexity index is 549. The zero-order valence-electron chi connectivity index (χ0n) is 8.58. The van der Waals surface area contributed by atoms with Crippen molar-refractivity contribution in [3.63, 3.8) is 0 Å². The molecule has 88 valence electrons. The topological polar surface area (TPSA) is 76.6 Å². The molecule has 0 N–H and O–H groups in total. The maximum absolute atomic E-state index is 11.6. The lowest BCUT2D eigenvalue weighted by atomic mass is 10.4. The third kappa shape index (κ3) is 2.22. The molecule has 0 radical (unpaired) electrons. The molecule has 1 aliphatic heterocycles. The van der Waals surface area contributed by atoms with E-state index in [0.717, 1.165) is 11.8 Å². The van der Waals surface area contributed by atoms with Gasteiger partial charge in [0, 0.05) is 13.1 Å². The van der Waals surface area contributed by atoms with Crippen LogP contribution in [0.4, 0.5) is 5.88 Å². The summed E-state index contributed by atoms with van der Waals surface area (Å²) in [4.78, 5) is 23.1. The van der Waals surface area contributed by atoms with Crippen molar-refractivity contribution in [3.05, 3.63) is 32.9 Å². The van der Waals surface area contributed by atoms with Gasteiger partial charge >= 0.3 is 5.88 Å². The minimum atomic E-state index is -0.637. The molecule has 1 aromatic rings. The number of nitro groups is 1. The Kier molecular flexibility index (Phi) is 2.99. The van der Waals surface area contributed by atoms with Gasteiger partial charge in [-0.3, -0.25) is 19.8 Å². The van der Waals surface area contributed by atoms with Crippen molar-refractivity contribution in [2.75, 3.05) is 7.05 Å². The van der Waals surface area contributed by atoms with Crippen LogP contribution in [0.5, 0.6) is 0 Å². The van der Waals surface area contributed by atoms with Crippen LogP contribution in [0.2, 0.25) is 0 Å². The molecule has 2 heterocycles. The molecule has 1 aliphatic rings. The number of furan rings is 1. The number of thiocarbonyl (C=S) groups is 1. The lowest BCUT2D eigenvalue weighted by Gasteiger charge is -2.03. The van der Waals surface area contributed by atoms with E-state index in [2.05, 4.69) is 0 Å². The van der Waals surface area contributed by atoms with E-state index < -0.39 is 4.92 Å². The van der Waals surface area contributed by atoms with Crippen LogP contribution in [-0.4, -0.2) is 27.1 Å². The average molecular weight is 270 g/mol. The molecule has 2 rings (SSSR count). The third-order valence-corrected chi connectivity index (χ3v) is 3.54. The minimum absolute atomic E-state index is 0.237. The maximum Gasteiger partial charge on any atom is 0.433 e. The highest BCUT2D eigenvalue weighted by atomic mass is 32.2. The summed E-state index contributed by atoms with van der Waals surface area (Å²) in [6.07, 6.45) is 1.44. The summed E-state index contributed by atoms with van der Waals surface area (Å²) in [6, 6.07) is 2.67. The normalized spacial score (nSPS) is 18.2. The predicted octanol–water partition coefficient (Wildman–Crippen LogP) is 2.02. The molecule has 0 aliphatic carbocycles. The van der Waals surface area contributed by atoms with Crippen molar-refractivity contribution < 1.29 is 14.1 Å². The highest BCUT2D eigenvalue weighted by Crippen LogP contribution is 2.32. The van der Waals surface area contributed by atoms with Crippen molar-refractivity contribution in [3.8, 4) is 0 Å². The number of hydrogen-bond acceptors (Lipinski definition) is 6. The Morgan fingerprint density at radius 2 is 2.29 bits per heavy atom. The number of likely N-dealkylation sites (N-methyl/N-ethyl adjacent to an activating group) is 1. The second-order valence-electron chi connectivity index (χ2n) is 3.17. The van der Waals surface area contributed by atoms with E-state index in [-0.39, 0.29) is 17.6 Å². The zero-order chi connectivity index (χ0) is 12.6. The highest BCUT2D eigenvalue weighted by molar-refractivity contribution is 8.26. The summed E-state index contributed by atoms with van der Waals surface area (Å²) in [6.45, 7) is 0. The van der Waals surface area contributed by atoms with Gasteiger partial charge in [0.25, 0.3) is 5.91 Å². The summed E-state index contributed by atoms with van der Waals surface area (Å²) in [5.74, 6) is -0.340. The Morgan fingerprint density at radius 1 is 1.59 bits per heavy atom. The second kappa shape index (κ2) is 4.30. The smallest absolute Gasteiger partial charge is 0.401 e. The van der Waals surface area contributed by atoms with Crippen molar-refractivity contribution in [2.24, 2.45) is 0 Å². The third-order valence-electron chi connectivity index (χ3n) is 2.05. The van der Waals surface area contributed by atoms with Crippen molar-refractivity contribution >= 4 is 46.2 Å². The summed E-state index contributed by atoms with van der Waals surface area (Å²) in [7, 11) is 1.57. The van der Waals surface area contributed by atoms with Crippen LogP contribution < -0.4 is 0 Å². The minimum Gasteiger partial charge on any atom is -0.401 e. The van der Waals surface area contributed by atoms with Crippen LogP contribution in [0.15, 0.2) is 21.5 Å². The molecule has 1 aromatic heterocycles. The number of amides is 1. The molecule has 1 saturated heterocycles. The van der Waals surface area contributed by atoms with Gasteiger partial charge in [-0.05, 0) is 6.07 Å². The first-order valence-electron chi connectivity index (χ1n) is 4.45. The first-order valence-corrected chi connectivity index (χ1v) is 5.67. The first-order chi connectivity index (χ1) is 7.99. The molecular formula is C9H6N2O4S2. The summed E-state index contributed by atoms with van der Waals surface area (Å²) < 4.78 is 5.37. The van der Waals surface area contributed by atoms with Crippen LogP contribution >= 0.6 is 24.0 Å². The quantitative estimate of drug-likeness (QED) is 0.354. The van der Waals surface area contributed by atoms with E-state index >= 15 is 0 Å². The number of thioether (sulfide) groups is 1. The van der Waals surface area contributed by atoms with E-state index in [9.17, 15) is 14.9 Å². The lowest BCUT2D eigenvalue weighted by Crippen LogP contribution is -2.22. The van der Waals surface area contributed by atoms with E-state index in [4.69, 9.17) is 16.6 Å². The van der Waals surface area contributed by atoms with E-state index in [1.807, 2.05) is 0 Å². The SMILES string of the molecule is CN1C(=O)/C(=C\c2ccc([N+](=O)[O-])o2)SC1=S. The summed E-state index contributed by atoms with van der Waals surface area (Å²) in [5.41, 5.74) is 0. The molecule has 0 aromatic carbocycles. The van der Waals surface area contributed by atoms with Crippen LogP contribution in [0.3, 0.4) is 0 Å². The number of nitrogens with zero attached hydrogens (tertiary/aromatic N) is 2. The number of carbonyl (C=O) groups is 1. The van der Waals surface area contributed by atoms with E-state index in [1.54, 1.807) is 7.05 Å². The van der Waals surface area contributed by atoms with Gasteiger partial charge in [0.1, 0.15) is 15.0 Å². The van der Waals surface area contributed by atoms with E-state index in [1.165, 1.54) is 23.1 Å². The van der Waals surface area contributed by atoms with Gasteiger partial charge in [0.05, 0.1) is 11.0 Å². The second-order valence-corrected chi connectivity index (χ2v) is 4.85. The molecule has 1 fully saturated rings. The van der Waals surface area contributed by atoms with Crippen molar-refractivity contribution in [1.82, 2.24) is 4.90 Å². The molecule has 0 saturated carbocycles. The summed E-state index contributed by atoms with van der Waals surface area (Å²) >= 11 is 6.08. The number of hydrogen-bond donors (Lipinski definition) is 0. The first kappa shape index (κ1) is 11.8. The van der Waals surface area contributed by atoms with Gasteiger partial charge in [-0.1, -0.05) is 24.0 Å². The fraction of sp³-hybridized carbons (Fsp3) is 0.111. The fourth-order valence-electron chi connectivity index (χ4n) is 1.19. The van der Waals surface area contributed by atoms with Gasteiger partial charge in [-0.25, -0.2) is 0 Å². The van der Waals surface area contributed by atoms with Gasteiger partial charge in [-0.15, -0.1) is 0 Å². The molecule has 17 heavy (non-hydrogen) atoms. The number of rotatable bonds is 2. The van der Waals surface area contributed by atoms with Crippen molar-refractivity contribution in [2.45, 2.75) is 0 Å². The van der Waals surface area contributed by atoms with Crippen LogP contribution in [0.25, 0.3) is 6.08 Å². The highest BCUT2D eigenvalue weighted by Gasteiger charge is 2.29. The van der Waals surface area contributed by atoms with Gasteiger partial charge in [0.15, 0.2) is 0 Å². The summed E-state index contributed by atoms with van der Waals surface area (Å²) in [5, 5.41) is 10.4. The monoisotopic (exact) mass is 270 g/mol. The van der Waals surface area contributed by atoms with Gasteiger partial charge in [-0.2, -0.15) is 0 Å². The van der Waals surface area contributed by atoms with Crippen LogP contribution in [0.1, 0.15) is 5.76 Å². The Morgan fingerprint density at radius 3 is 2.76 bits per heavy atom. The molecule has 0 spiro atoms. The maximum atomic E-state index is 11.6. The average Bonchev–Trinajstić information content (AvgIpc) is 2.82. The van der Waals surface area contributed by atoms with Gasteiger partial charge in [0.2, 0.25) is 0 Å². The molecule has 6 nitrogen and oxygen atoms in total. The van der Waals surface area contributed by atoms with Crippen LogP contribution in [-0.2, 0) is 4.79 Å². The molecule has 0 bridgehead atoms. The largest absolute Gasteiger partial charge is 0.433 e. The van der Waals surface area contributed by atoms with E-state index in [0.29, 0.717) is 9.23 Å². The zero-order valence-corrected chi connectivity index (χ0v) is 10.2. The molecule has 0 atom stereocenters. The molecule has 0 unspecified atom stereocenters. The number of carbonyl (C=O) groups excluding carboxylic acids is 1. The fourth-order valence-corrected chi connectivity index (χ4v) is 2.35. The molecule has 1 amide bonds. The standard InChI is InChI=1S/C9H6N2O4S2/c1-10-8(12)6(17-9(10)16)4-5-2-3-7(15-5)11(13)14/h2-4H,1H3/b6-4+. The predicted molar refractivity (Wildman–Crippen MR) is 66.3 cm³/mol.